The summed E-state index contributed by atoms with van der Waals surface area (Å²) in [5.41, 5.74) is 6.35. The topological polar surface area (TPSA) is 56.0 Å². The van der Waals surface area contributed by atoms with E-state index in [1.165, 1.54) is 5.56 Å². The lowest BCUT2D eigenvalue weighted by Gasteiger charge is -1.95. The molecule has 0 bridgehead atoms. The van der Waals surface area contributed by atoms with Crippen LogP contribution in [0.3, 0.4) is 0 Å². The molecule has 70 valence electrons. The van der Waals surface area contributed by atoms with E-state index in [0.29, 0.717) is 5.92 Å². The Hall–Kier alpha value is -1.09. The van der Waals surface area contributed by atoms with Crippen LogP contribution in [-0.2, 0) is 4.79 Å². The summed E-state index contributed by atoms with van der Waals surface area (Å²) >= 11 is 0. The summed E-state index contributed by atoms with van der Waals surface area (Å²) in [4.78, 5) is 14.7. The molecule has 3 nitrogen and oxygen atoms in total. The summed E-state index contributed by atoms with van der Waals surface area (Å²) in [6.07, 6.45) is 4.39. The Kier molecular flexibility index (Phi) is 2.88. The Bertz CT molecular complexity index is 302. The highest BCUT2D eigenvalue weighted by molar-refractivity contribution is 5.85. The number of pyridine rings is 1. The second kappa shape index (κ2) is 3.75. The first-order chi connectivity index (χ1) is 5.79. The van der Waals surface area contributed by atoms with Crippen molar-refractivity contribution in [2.75, 3.05) is 0 Å². The molecule has 4 heteroatoms. The molecule has 0 radical (unpaired) electrons. The van der Waals surface area contributed by atoms with Crippen molar-refractivity contribution in [2.45, 2.75) is 12.3 Å². The van der Waals surface area contributed by atoms with Crippen molar-refractivity contribution in [3.05, 3.63) is 30.1 Å². The van der Waals surface area contributed by atoms with Gasteiger partial charge in [-0.3, -0.25) is 9.78 Å². The average Bonchev–Trinajstić information content (AvgIpc) is 2.84. The highest BCUT2D eigenvalue weighted by Crippen LogP contribution is 2.46. The minimum atomic E-state index is -0.184. The van der Waals surface area contributed by atoms with Crippen molar-refractivity contribution in [3.8, 4) is 0 Å². The Morgan fingerprint density at radius 1 is 1.46 bits per heavy atom. The molecule has 1 aromatic rings. The number of rotatable bonds is 2. The second-order valence-electron chi connectivity index (χ2n) is 3.13. The molecule has 2 rings (SSSR count). The van der Waals surface area contributed by atoms with Crippen LogP contribution in [0.2, 0.25) is 0 Å². The maximum absolute atomic E-state index is 10.8. The molecule has 0 unspecified atom stereocenters. The van der Waals surface area contributed by atoms with Crippen LogP contribution in [-0.4, -0.2) is 10.9 Å². The van der Waals surface area contributed by atoms with Crippen LogP contribution in [0.5, 0.6) is 0 Å². The minimum absolute atomic E-state index is 0. The molecule has 13 heavy (non-hydrogen) atoms. The zero-order valence-electron chi connectivity index (χ0n) is 7.01. The quantitative estimate of drug-likeness (QED) is 0.774. The van der Waals surface area contributed by atoms with Crippen LogP contribution in [0.4, 0.5) is 0 Å². The van der Waals surface area contributed by atoms with Gasteiger partial charge in [0.05, 0.1) is 0 Å². The van der Waals surface area contributed by atoms with Gasteiger partial charge in [0.1, 0.15) is 0 Å². The molecule has 0 aliphatic heterocycles. The van der Waals surface area contributed by atoms with Crippen LogP contribution in [0.1, 0.15) is 17.9 Å². The van der Waals surface area contributed by atoms with E-state index in [1.54, 1.807) is 12.4 Å². The van der Waals surface area contributed by atoms with Gasteiger partial charge in [-0.2, -0.15) is 0 Å². The van der Waals surface area contributed by atoms with E-state index >= 15 is 0 Å². The van der Waals surface area contributed by atoms with Gasteiger partial charge < -0.3 is 5.73 Å². The van der Waals surface area contributed by atoms with Crippen LogP contribution < -0.4 is 5.73 Å². The molecule has 0 aromatic carbocycles. The normalized spacial score (nSPS) is 24.6. The Morgan fingerprint density at radius 2 is 2.08 bits per heavy atom. The predicted octanol–water partition coefficient (Wildman–Crippen LogP) is 1.09. The van der Waals surface area contributed by atoms with Crippen molar-refractivity contribution < 1.29 is 4.79 Å². The second-order valence-corrected chi connectivity index (χ2v) is 3.13. The lowest BCUT2D eigenvalue weighted by atomic mass is 10.1. The number of amides is 1. The van der Waals surface area contributed by atoms with Crippen LogP contribution in [0.25, 0.3) is 0 Å². The van der Waals surface area contributed by atoms with Gasteiger partial charge >= 0.3 is 0 Å². The Labute approximate surface area is 82.8 Å². The number of hydrogen-bond acceptors (Lipinski definition) is 2. The minimum Gasteiger partial charge on any atom is -0.369 e. The fraction of sp³-hybridized carbons (Fsp3) is 0.333. The summed E-state index contributed by atoms with van der Waals surface area (Å²) in [6, 6.07) is 3.88. The van der Waals surface area contributed by atoms with Gasteiger partial charge in [-0.05, 0) is 30.0 Å². The summed E-state index contributed by atoms with van der Waals surface area (Å²) in [7, 11) is 0. The molecule has 0 spiro atoms. The number of carbonyl (C=O) groups is 1. The number of carbonyl (C=O) groups excluding carboxylic acids is 1. The third-order valence-electron chi connectivity index (χ3n) is 2.29. The Balaban J connectivity index is 0.000000845. The van der Waals surface area contributed by atoms with E-state index in [-0.39, 0.29) is 24.2 Å². The molecule has 2 atom stereocenters. The molecule has 2 N–H and O–H groups in total. The predicted molar refractivity (Wildman–Crippen MR) is 51.5 cm³/mol. The van der Waals surface area contributed by atoms with Crippen molar-refractivity contribution in [3.63, 3.8) is 0 Å². The number of halogens is 1. The number of nitrogens with two attached hydrogens (primary N) is 1. The maximum Gasteiger partial charge on any atom is 0.221 e. The van der Waals surface area contributed by atoms with Crippen LogP contribution in [0.15, 0.2) is 24.5 Å². The number of hydrogen-bond donors (Lipinski definition) is 1. The van der Waals surface area contributed by atoms with E-state index < -0.39 is 0 Å². The highest BCUT2D eigenvalue weighted by atomic mass is 35.5. The van der Waals surface area contributed by atoms with E-state index in [1.807, 2.05) is 12.1 Å². The average molecular weight is 199 g/mol. The lowest BCUT2D eigenvalue weighted by molar-refractivity contribution is -0.119. The van der Waals surface area contributed by atoms with Gasteiger partial charge in [-0.25, -0.2) is 0 Å². The van der Waals surface area contributed by atoms with Gasteiger partial charge in [0, 0.05) is 18.3 Å². The van der Waals surface area contributed by atoms with Crippen LogP contribution >= 0.6 is 12.4 Å². The molecule has 1 saturated carbocycles. The highest BCUT2D eigenvalue weighted by Gasteiger charge is 2.42. The van der Waals surface area contributed by atoms with Crippen molar-refractivity contribution >= 4 is 18.3 Å². The molecule has 1 aliphatic carbocycles. The van der Waals surface area contributed by atoms with Gasteiger partial charge in [0.15, 0.2) is 0 Å². The fourth-order valence-electron chi connectivity index (χ4n) is 1.49. The van der Waals surface area contributed by atoms with Gasteiger partial charge in [0.25, 0.3) is 0 Å². The summed E-state index contributed by atoms with van der Waals surface area (Å²) < 4.78 is 0. The van der Waals surface area contributed by atoms with Crippen molar-refractivity contribution in [1.29, 1.82) is 0 Å². The third kappa shape index (κ3) is 1.98. The molecule has 1 fully saturated rings. The van der Waals surface area contributed by atoms with E-state index in [4.69, 9.17) is 5.73 Å². The zero-order chi connectivity index (χ0) is 8.55. The van der Waals surface area contributed by atoms with Crippen molar-refractivity contribution in [1.82, 2.24) is 4.98 Å². The molecule has 1 aliphatic rings. The smallest absolute Gasteiger partial charge is 0.221 e. The maximum atomic E-state index is 10.8. The van der Waals surface area contributed by atoms with E-state index in [0.717, 1.165) is 6.42 Å². The molecule has 1 heterocycles. The lowest BCUT2D eigenvalue weighted by Crippen LogP contribution is -2.13. The largest absolute Gasteiger partial charge is 0.369 e. The number of primary amides is 1. The van der Waals surface area contributed by atoms with Crippen LogP contribution in [0, 0.1) is 5.92 Å². The number of nitrogens with zero attached hydrogens (tertiary/aromatic N) is 1. The number of aromatic nitrogens is 1. The van der Waals surface area contributed by atoms with E-state index in [9.17, 15) is 4.79 Å². The van der Waals surface area contributed by atoms with Crippen molar-refractivity contribution in [2.24, 2.45) is 11.7 Å². The van der Waals surface area contributed by atoms with Gasteiger partial charge in [-0.15, -0.1) is 12.4 Å². The SMILES string of the molecule is Cl.NC(=O)[C@H]1C[C@@H]1c1ccncc1. The molecule has 1 amide bonds. The fourth-order valence-corrected chi connectivity index (χ4v) is 1.49. The van der Waals surface area contributed by atoms with Gasteiger partial charge in [0.2, 0.25) is 5.91 Å². The first-order valence-corrected chi connectivity index (χ1v) is 3.98. The molecular weight excluding hydrogens is 188 g/mol. The Morgan fingerprint density at radius 3 is 2.54 bits per heavy atom. The third-order valence-corrected chi connectivity index (χ3v) is 2.29. The first kappa shape index (κ1) is 9.99. The monoisotopic (exact) mass is 198 g/mol. The zero-order valence-corrected chi connectivity index (χ0v) is 7.83. The standard InChI is InChI=1S/C9H10N2O.ClH/c10-9(12)8-5-7(8)6-1-3-11-4-2-6;/h1-4,7-8H,5H2,(H2,10,12);1H/t7-,8+;/m1./s1. The molecule has 0 saturated heterocycles. The van der Waals surface area contributed by atoms with Gasteiger partial charge in [-0.1, -0.05) is 0 Å². The summed E-state index contributed by atoms with van der Waals surface area (Å²) in [6.45, 7) is 0. The van der Waals surface area contributed by atoms with E-state index in [2.05, 4.69) is 4.98 Å². The summed E-state index contributed by atoms with van der Waals surface area (Å²) in [5, 5.41) is 0. The molecular formula is C9H11ClN2O. The summed E-state index contributed by atoms with van der Waals surface area (Å²) in [5.74, 6) is 0.231. The first-order valence-electron chi connectivity index (χ1n) is 3.98. The molecule has 1 aromatic heterocycles.